The molecular weight excluding hydrogens is 392 g/mol. The zero-order valence-electron chi connectivity index (χ0n) is 16.7. The van der Waals surface area contributed by atoms with Crippen LogP contribution in [0.5, 0.6) is 0 Å². The lowest BCUT2D eigenvalue weighted by Crippen LogP contribution is -2.30. The number of carbonyl (C=O) groups is 1. The molecule has 1 fully saturated rings. The molecule has 0 radical (unpaired) electrons. The van der Waals surface area contributed by atoms with Gasteiger partial charge in [0.1, 0.15) is 0 Å². The number of hydrogen-bond acceptors (Lipinski definition) is 6. The fourth-order valence-corrected chi connectivity index (χ4v) is 4.77. The first-order valence-electron chi connectivity index (χ1n) is 9.75. The SMILES string of the molecule is COCCS(=O)(=O)c1ncc(CN2CCCN(C=O)CC2)n1Cc1ccccc1. The van der Waals surface area contributed by atoms with Crippen LogP contribution in [-0.2, 0) is 32.5 Å². The molecule has 1 saturated heterocycles. The molecule has 0 N–H and O–H groups in total. The number of benzene rings is 1. The number of carbonyl (C=O) groups excluding carboxylic acids is 1. The third-order valence-corrected chi connectivity index (χ3v) is 6.66. The largest absolute Gasteiger partial charge is 0.384 e. The van der Waals surface area contributed by atoms with E-state index in [1.807, 2.05) is 30.3 Å². The summed E-state index contributed by atoms with van der Waals surface area (Å²) in [5, 5.41) is 0.0812. The van der Waals surface area contributed by atoms with Crippen molar-refractivity contribution in [3.8, 4) is 0 Å². The molecule has 158 valence electrons. The molecule has 1 aromatic carbocycles. The standard InChI is InChI=1S/C20H28N4O4S/c1-28-12-13-29(26,27)20-21-14-19(24(20)15-18-6-3-2-4-7-18)16-22-8-5-9-23(17-25)11-10-22/h2-4,6-7,14,17H,5,8-13,15-16H2,1H3. The zero-order valence-corrected chi connectivity index (χ0v) is 17.6. The predicted molar refractivity (Wildman–Crippen MR) is 109 cm³/mol. The van der Waals surface area contributed by atoms with E-state index in [-0.39, 0.29) is 17.5 Å². The van der Waals surface area contributed by atoms with Gasteiger partial charge in [0.2, 0.25) is 21.4 Å². The second-order valence-electron chi connectivity index (χ2n) is 7.19. The Labute approximate surface area is 172 Å². The van der Waals surface area contributed by atoms with Crippen LogP contribution in [0, 0.1) is 0 Å². The highest BCUT2D eigenvalue weighted by atomic mass is 32.2. The summed E-state index contributed by atoms with van der Waals surface area (Å²) in [6.07, 6.45) is 3.44. The Balaban J connectivity index is 1.87. The van der Waals surface area contributed by atoms with Gasteiger partial charge in [0.05, 0.1) is 30.8 Å². The second kappa shape index (κ2) is 10.00. The fourth-order valence-electron chi connectivity index (χ4n) is 3.47. The first kappa shape index (κ1) is 21.5. The van der Waals surface area contributed by atoms with Crippen LogP contribution >= 0.6 is 0 Å². The lowest BCUT2D eigenvalue weighted by molar-refractivity contribution is -0.118. The number of aromatic nitrogens is 2. The monoisotopic (exact) mass is 420 g/mol. The summed E-state index contributed by atoms with van der Waals surface area (Å²) in [5.41, 5.74) is 1.86. The van der Waals surface area contributed by atoms with Crippen molar-refractivity contribution in [2.24, 2.45) is 0 Å². The maximum atomic E-state index is 12.8. The van der Waals surface area contributed by atoms with Crippen LogP contribution in [0.1, 0.15) is 17.7 Å². The number of nitrogens with zero attached hydrogens (tertiary/aromatic N) is 4. The summed E-state index contributed by atoms with van der Waals surface area (Å²) < 4.78 is 32.4. The Bertz CT molecular complexity index is 898. The molecule has 0 unspecified atom stereocenters. The van der Waals surface area contributed by atoms with Crippen LogP contribution in [0.15, 0.2) is 41.7 Å². The molecule has 1 aromatic heterocycles. The molecule has 0 saturated carbocycles. The first-order valence-corrected chi connectivity index (χ1v) is 11.4. The highest BCUT2D eigenvalue weighted by molar-refractivity contribution is 7.91. The zero-order chi connectivity index (χ0) is 20.7. The molecule has 0 aliphatic carbocycles. The number of sulfone groups is 1. The van der Waals surface area contributed by atoms with E-state index in [4.69, 9.17) is 4.74 Å². The lowest BCUT2D eigenvalue weighted by atomic mass is 10.2. The topological polar surface area (TPSA) is 84.7 Å². The summed E-state index contributed by atoms with van der Waals surface area (Å²) in [4.78, 5) is 19.4. The number of ether oxygens (including phenoxy) is 1. The van der Waals surface area contributed by atoms with Crippen molar-refractivity contribution in [2.75, 3.05) is 45.6 Å². The van der Waals surface area contributed by atoms with Crippen LogP contribution in [0.4, 0.5) is 0 Å². The molecule has 2 heterocycles. The van der Waals surface area contributed by atoms with E-state index >= 15 is 0 Å². The summed E-state index contributed by atoms with van der Waals surface area (Å²) >= 11 is 0. The second-order valence-corrected chi connectivity index (χ2v) is 9.19. The van der Waals surface area contributed by atoms with Gasteiger partial charge in [-0.05, 0) is 12.0 Å². The van der Waals surface area contributed by atoms with Crippen LogP contribution in [0.2, 0.25) is 0 Å². The number of methoxy groups -OCH3 is 1. The molecule has 0 atom stereocenters. The normalized spacial score (nSPS) is 16.0. The molecule has 0 bridgehead atoms. The van der Waals surface area contributed by atoms with Crippen molar-refractivity contribution >= 4 is 16.2 Å². The Morgan fingerprint density at radius 3 is 2.62 bits per heavy atom. The van der Waals surface area contributed by atoms with E-state index in [0.717, 1.165) is 43.7 Å². The third-order valence-electron chi connectivity index (χ3n) is 5.08. The van der Waals surface area contributed by atoms with Gasteiger partial charge in [0.15, 0.2) is 0 Å². The smallest absolute Gasteiger partial charge is 0.228 e. The van der Waals surface area contributed by atoms with Gasteiger partial charge in [-0.15, -0.1) is 0 Å². The van der Waals surface area contributed by atoms with Crippen molar-refractivity contribution in [3.05, 3.63) is 47.8 Å². The quantitative estimate of drug-likeness (QED) is 0.563. The molecule has 1 amide bonds. The minimum atomic E-state index is -3.56. The van der Waals surface area contributed by atoms with Crippen LogP contribution in [-0.4, -0.2) is 79.8 Å². The Morgan fingerprint density at radius 1 is 1.10 bits per heavy atom. The molecule has 8 nitrogen and oxygen atoms in total. The van der Waals surface area contributed by atoms with Gasteiger partial charge >= 0.3 is 0 Å². The summed E-state index contributed by atoms with van der Waals surface area (Å²) in [6, 6.07) is 9.76. The number of rotatable bonds is 9. The van der Waals surface area contributed by atoms with E-state index in [9.17, 15) is 13.2 Å². The van der Waals surface area contributed by atoms with Crippen LogP contribution in [0.3, 0.4) is 0 Å². The minimum Gasteiger partial charge on any atom is -0.384 e. The molecule has 9 heteroatoms. The predicted octanol–water partition coefficient (Wildman–Crippen LogP) is 1.02. The minimum absolute atomic E-state index is 0.0812. The van der Waals surface area contributed by atoms with Gasteiger partial charge in [-0.25, -0.2) is 13.4 Å². The maximum absolute atomic E-state index is 12.8. The van der Waals surface area contributed by atoms with Gasteiger partial charge in [-0.2, -0.15) is 0 Å². The van der Waals surface area contributed by atoms with E-state index in [0.29, 0.717) is 19.6 Å². The number of hydrogen-bond donors (Lipinski definition) is 0. The average Bonchev–Trinajstić information content (AvgIpc) is 2.97. The molecular formula is C20H28N4O4S. The highest BCUT2D eigenvalue weighted by Crippen LogP contribution is 2.18. The Hall–Kier alpha value is -2.23. The summed E-state index contributed by atoms with van der Waals surface area (Å²) in [5.74, 6) is -0.104. The molecule has 0 spiro atoms. The maximum Gasteiger partial charge on any atom is 0.228 e. The number of amides is 1. The molecule has 29 heavy (non-hydrogen) atoms. The van der Waals surface area contributed by atoms with Crippen molar-refractivity contribution in [3.63, 3.8) is 0 Å². The Kier molecular flexibility index (Phi) is 7.40. The molecule has 1 aliphatic rings. The molecule has 1 aliphatic heterocycles. The molecule has 3 rings (SSSR count). The van der Waals surface area contributed by atoms with Crippen LogP contribution < -0.4 is 0 Å². The summed E-state index contributed by atoms with van der Waals surface area (Å²) in [6.45, 7) is 4.19. The van der Waals surface area contributed by atoms with E-state index < -0.39 is 9.84 Å². The van der Waals surface area contributed by atoms with Crippen LogP contribution in [0.25, 0.3) is 0 Å². The van der Waals surface area contributed by atoms with Gasteiger partial charge in [-0.1, -0.05) is 30.3 Å². The van der Waals surface area contributed by atoms with Gasteiger partial charge in [0.25, 0.3) is 0 Å². The lowest BCUT2D eigenvalue weighted by Gasteiger charge is -2.21. The number of imidazole rings is 1. The first-order chi connectivity index (χ1) is 14.0. The van der Waals surface area contributed by atoms with E-state index in [1.54, 1.807) is 15.7 Å². The van der Waals surface area contributed by atoms with Gasteiger partial charge in [-0.3, -0.25) is 9.69 Å². The van der Waals surface area contributed by atoms with E-state index in [1.165, 1.54) is 7.11 Å². The Morgan fingerprint density at radius 2 is 1.90 bits per heavy atom. The molecule has 2 aromatic rings. The van der Waals surface area contributed by atoms with Gasteiger partial charge in [0, 0.05) is 39.8 Å². The highest BCUT2D eigenvalue weighted by Gasteiger charge is 2.24. The van der Waals surface area contributed by atoms with Crippen molar-refractivity contribution < 1.29 is 17.9 Å². The van der Waals surface area contributed by atoms with Crippen molar-refractivity contribution in [2.45, 2.75) is 24.7 Å². The van der Waals surface area contributed by atoms with Gasteiger partial charge < -0.3 is 14.2 Å². The average molecular weight is 421 g/mol. The van der Waals surface area contributed by atoms with Crippen molar-refractivity contribution in [1.29, 1.82) is 0 Å². The third kappa shape index (κ3) is 5.65. The van der Waals surface area contributed by atoms with Crippen molar-refractivity contribution in [1.82, 2.24) is 19.4 Å². The summed E-state index contributed by atoms with van der Waals surface area (Å²) in [7, 11) is -2.07. The fraction of sp³-hybridized carbons (Fsp3) is 0.500. The van der Waals surface area contributed by atoms with E-state index in [2.05, 4.69) is 9.88 Å².